The monoisotopic (exact) mass is 376 g/mol. The fraction of sp³-hybridized carbons (Fsp3) is 0.143. The number of carbonyl (C=O) groups excluding carboxylic acids is 2. The number of carbonyl (C=O) groups is 2. The van der Waals surface area contributed by atoms with Gasteiger partial charge in [-0.05, 0) is 56.3 Å². The van der Waals surface area contributed by atoms with E-state index in [9.17, 15) is 9.59 Å². The topological polar surface area (TPSA) is 93.2 Å². The molecule has 1 aromatic heterocycles. The van der Waals surface area contributed by atoms with Gasteiger partial charge in [0.2, 0.25) is 5.95 Å². The van der Waals surface area contributed by atoms with Gasteiger partial charge < -0.3 is 15.4 Å². The average Bonchev–Trinajstić information content (AvgIpc) is 2.70. The Morgan fingerprint density at radius 3 is 2.54 bits per heavy atom. The predicted molar refractivity (Wildman–Crippen MR) is 107 cm³/mol. The minimum atomic E-state index is -0.355. The summed E-state index contributed by atoms with van der Waals surface area (Å²) in [4.78, 5) is 32.3. The number of ether oxygens (including phenoxy) is 1. The number of nitrogens with one attached hydrogen (secondary N) is 2. The lowest BCUT2D eigenvalue weighted by atomic mass is 10.1. The van der Waals surface area contributed by atoms with Gasteiger partial charge in [0, 0.05) is 23.1 Å². The zero-order valence-electron chi connectivity index (χ0n) is 15.6. The first kappa shape index (κ1) is 19.0. The molecule has 0 unspecified atom stereocenters. The molecule has 0 radical (unpaired) electrons. The molecule has 7 heteroatoms. The number of amides is 1. The van der Waals surface area contributed by atoms with E-state index in [4.69, 9.17) is 4.74 Å². The van der Waals surface area contributed by atoms with Gasteiger partial charge >= 0.3 is 0 Å². The van der Waals surface area contributed by atoms with Crippen molar-refractivity contribution in [2.24, 2.45) is 0 Å². The second-order valence-corrected chi connectivity index (χ2v) is 5.94. The van der Waals surface area contributed by atoms with Crippen molar-refractivity contribution in [3.63, 3.8) is 0 Å². The first-order valence-electron chi connectivity index (χ1n) is 8.80. The van der Waals surface area contributed by atoms with Gasteiger partial charge in [0.1, 0.15) is 11.4 Å². The van der Waals surface area contributed by atoms with Crippen LogP contribution < -0.4 is 15.4 Å². The summed E-state index contributed by atoms with van der Waals surface area (Å²) < 4.78 is 5.38. The Morgan fingerprint density at radius 1 is 1.04 bits per heavy atom. The molecule has 0 atom stereocenters. The van der Waals surface area contributed by atoms with E-state index < -0.39 is 0 Å². The van der Waals surface area contributed by atoms with Gasteiger partial charge in [-0.15, -0.1) is 0 Å². The van der Waals surface area contributed by atoms with Crippen LogP contribution in [0.15, 0.2) is 60.8 Å². The molecule has 2 N–H and O–H groups in total. The molecule has 3 aromatic rings. The van der Waals surface area contributed by atoms with Crippen molar-refractivity contribution >= 4 is 29.0 Å². The Morgan fingerprint density at radius 2 is 1.82 bits per heavy atom. The molecule has 0 aliphatic heterocycles. The summed E-state index contributed by atoms with van der Waals surface area (Å²) in [5, 5.41) is 5.79. The van der Waals surface area contributed by atoms with Crippen molar-refractivity contribution in [1.29, 1.82) is 0 Å². The highest BCUT2D eigenvalue weighted by Crippen LogP contribution is 2.18. The van der Waals surface area contributed by atoms with E-state index >= 15 is 0 Å². The zero-order chi connectivity index (χ0) is 19.9. The molecule has 1 amide bonds. The van der Waals surface area contributed by atoms with Crippen LogP contribution in [0.25, 0.3) is 0 Å². The molecule has 0 saturated heterocycles. The van der Waals surface area contributed by atoms with Crippen molar-refractivity contribution in [3.8, 4) is 5.75 Å². The lowest BCUT2D eigenvalue weighted by molar-refractivity contribution is 0.101. The van der Waals surface area contributed by atoms with Crippen molar-refractivity contribution in [2.45, 2.75) is 13.8 Å². The minimum Gasteiger partial charge on any atom is -0.494 e. The van der Waals surface area contributed by atoms with Crippen LogP contribution >= 0.6 is 0 Å². The molecule has 1 heterocycles. The molecule has 3 rings (SSSR count). The molecular formula is C21H20N4O3. The van der Waals surface area contributed by atoms with Crippen molar-refractivity contribution < 1.29 is 14.3 Å². The van der Waals surface area contributed by atoms with E-state index in [2.05, 4.69) is 20.6 Å². The first-order valence-corrected chi connectivity index (χ1v) is 8.80. The van der Waals surface area contributed by atoms with Gasteiger partial charge in [0.15, 0.2) is 5.78 Å². The Bertz CT molecular complexity index is 987. The normalized spacial score (nSPS) is 10.2. The summed E-state index contributed by atoms with van der Waals surface area (Å²) in [6, 6.07) is 15.6. The summed E-state index contributed by atoms with van der Waals surface area (Å²) in [6.07, 6.45) is 1.50. The number of rotatable bonds is 7. The number of Topliss-reactive ketones (excluding diaryl/α,β-unsaturated/α-hetero) is 1. The molecule has 0 spiro atoms. The molecule has 142 valence electrons. The Labute approximate surface area is 162 Å². The smallest absolute Gasteiger partial charge is 0.274 e. The minimum absolute atomic E-state index is 0.0342. The van der Waals surface area contributed by atoms with E-state index in [1.807, 2.05) is 6.92 Å². The van der Waals surface area contributed by atoms with Gasteiger partial charge in [-0.25, -0.2) is 9.97 Å². The van der Waals surface area contributed by atoms with Gasteiger partial charge in [-0.3, -0.25) is 9.59 Å². The van der Waals surface area contributed by atoms with Crippen LogP contribution in [0.2, 0.25) is 0 Å². The molecular weight excluding hydrogens is 356 g/mol. The third-order valence-corrected chi connectivity index (χ3v) is 3.84. The van der Waals surface area contributed by atoms with Crippen LogP contribution in [-0.4, -0.2) is 28.3 Å². The highest BCUT2D eigenvalue weighted by molar-refractivity contribution is 6.03. The number of hydrogen-bond donors (Lipinski definition) is 2. The Hall–Kier alpha value is -3.74. The van der Waals surface area contributed by atoms with E-state index in [-0.39, 0.29) is 23.3 Å². The van der Waals surface area contributed by atoms with E-state index in [1.165, 1.54) is 19.2 Å². The van der Waals surface area contributed by atoms with Gasteiger partial charge in [-0.2, -0.15) is 0 Å². The SMILES string of the molecule is CCOc1ccc(NC(=O)c2ccnc(Nc3cccc(C(C)=O)c3)n2)cc1. The molecule has 0 saturated carbocycles. The lowest BCUT2D eigenvalue weighted by Gasteiger charge is -2.09. The fourth-order valence-electron chi connectivity index (χ4n) is 2.49. The zero-order valence-corrected chi connectivity index (χ0v) is 15.6. The standard InChI is InChI=1S/C21H20N4O3/c1-3-28-18-9-7-16(8-10-18)23-20(27)19-11-12-22-21(25-19)24-17-6-4-5-15(13-17)14(2)26/h4-13H,3H2,1-2H3,(H,23,27)(H,22,24,25). The molecule has 0 bridgehead atoms. The summed E-state index contributed by atoms with van der Waals surface area (Å²) in [7, 11) is 0. The highest BCUT2D eigenvalue weighted by atomic mass is 16.5. The number of anilines is 3. The molecule has 28 heavy (non-hydrogen) atoms. The van der Waals surface area contributed by atoms with Crippen molar-refractivity contribution in [3.05, 3.63) is 72.1 Å². The summed E-state index contributed by atoms with van der Waals surface area (Å²) >= 11 is 0. The maximum atomic E-state index is 12.5. The van der Waals surface area contributed by atoms with Crippen molar-refractivity contribution in [1.82, 2.24) is 9.97 Å². The number of ketones is 1. The van der Waals surface area contributed by atoms with Crippen LogP contribution in [0.3, 0.4) is 0 Å². The van der Waals surface area contributed by atoms with Gasteiger partial charge in [0.05, 0.1) is 6.61 Å². The van der Waals surface area contributed by atoms with Gasteiger partial charge in [0.25, 0.3) is 5.91 Å². The lowest BCUT2D eigenvalue weighted by Crippen LogP contribution is -2.14. The Balaban J connectivity index is 1.70. The molecule has 0 aliphatic rings. The summed E-state index contributed by atoms with van der Waals surface area (Å²) in [6.45, 7) is 3.99. The van der Waals surface area contributed by atoms with Crippen molar-refractivity contribution in [2.75, 3.05) is 17.2 Å². The highest BCUT2D eigenvalue weighted by Gasteiger charge is 2.10. The average molecular weight is 376 g/mol. The molecule has 0 aliphatic carbocycles. The molecule has 2 aromatic carbocycles. The first-order chi connectivity index (χ1) is 13.5. The summed E-state index contributed by atoms with van der Waals surface area (Å²) in [5.41, 5.74) is 2.09. The number of nitrogens with zero attached hydrogens (tertiary/aromatic N) is 2. The molecule has 7 nitrogen and oxygen atoms in total. The third-order valence-electron chi connectivity index (χ3n) is 3.84. The molecule has 0 fully saturated rings. The predicted octanol–water partition coefficient (Wildman–Crippen LogP) is 4.07. The van der Waals surface area contributed by atoms with E-state index in [0.29, 0.717) is 23.5 Å². The van der Waals surface area contributed by atoms with Crippen LogP contribution in [0, 0.1) is 0 Å². The van der Waals surface area contributed by atoms with Crippen LogP contribution in [0.5, 0.6) is 5.75 Å². The maximum absolute atomic E-state index is 12.5. The second kappa shape index (κ2) is 8.77. The van der Waals surface area contributed by atoms with Crippen LogP contribution in [0.4, 0.5) is 17.3 Å². The second-order valence-electron chi connectivity index (χ2n) is 5.94. The van der Waals surface area contributed by atoms with Crippen LogP contribution in [0.1, 0.15) is 34.7 Å². The third kappa shape index (κ3) is 4.91. The Kier molecular flexibility index (Phi) is 5.96. The van der Waals surface area contributed by atoms with Gasteiger partial charge in [-0.1, -0.05) is 12.1 Å². The van der Waals surface area contributed by atoms with E-state index in [0.717, 1.165) is 5.75 Å². The quantitative estimate of drug-likeness (QED) is 0.604. The van der Waals surface area contributed by atoms with E-state index in [1.54, 1.807) is 48.5 Å². The number of aromatic nitrogens is 2. The number of benzene rings is 2. The maximum Gasteiger partial charge on any atom is 0.274 e. The van der Waals surface area contributed by atoms with Crippen LogP contribution in [-0.2, 0) is 0 Å². The number of hydrogen-bond acceptors (Lipinski definition) is 6. The largest absolute Gasteiger partial charge is 0.494 e. The fourth-order valence-corrected chi connectivity index (χ4v) is 2.49. The summed E-state index contributed by atoms with van der Waals surface area (Å²) in [5.74, 6) is 0.613.